The number of hydrogen-bond acceptors (Lipinski definition) is 4. The van der Waals surface area contributed by atoms with Crippen LogP contribution in [0, 0.1) is 0 Å². The summed E-state index contributed by atoms with van der Waals surface area (Å²) in [6.45, 7) is 1.55. The maximum atomic E-state index is 12.2. The molecule has 2 amide bonds. The quantitative estimate of drug-likeness (QED) is 0.856. The number of benzene rings is 1. The smallest absolute Gasteiger partial charge is 0.247 e. The van der Waals surface area contributed by atoms with Crippen LogP contribution in [0.15, 0.2) is 30.3 Å². The van der Waals surface area contributed by atoms with E-state index in [2.05, 4.69) is 5.32 Å². The molecule has 0 radical (unpaired) electrons. The fraction of sp³-hybridized carbons (Fsp3) is 0.429. The van der Waals surface area contributed by atoms with Crippen molar-refractivity contribution in [3.05, 3.63) is 35.9 Å². The summed E-state index contributed by atoms with van der Waals surface area (Å²) in [5.41, 5.74) is 0.670. The summed E-state index contributed by atoms with van der Waals surface area (Å²) in [7, 11) is -3.24. The first kappa shape index (κ1) is 15.5. The second kappa shape index (κ2) is 5.85. The van der Waals surface area contributed by atoms with Crippen molar-refractivity contribution in [1.29, 1.82) is 0 Å². The van der Waals surface area contributed by atoms with Gasteiger partial charge >= 0.3 is 0 Å². The molecule has 1 aromatic rings. The summed E-state index contributed by atoms with van der Waals surface area (Å²) in [5, 5.41) is 2.55. The molecule has 0 aliphatic carbocycles. The van der Waals surface area contributed by atoms with E-state index in [1.165, 1.54) is 4.90 Å². The Bertz CT molecular complexity index is 642. The maximum absolute atomic E-state index is 12.2. The largest absolute Gasteiger partial charge is 0.345 e. The second-order valence-corrected chi connectivity index (χ2v) is 7.46. The number of rotatable bonds is 4. The molecule has 2 unspecified atom stereocenters. The van der Waals surface area contributed by atoms with E-state index in [0.29, 0.717) is 5.56 Å². The van der Waals surface area contributed by atoms with Crippen LogP contribution < -0.4 is 5.32 Å². The molecule has 0 bridgehead atoms. The van der Waals surface area contributed by atoms with Crippen molar-refractivity contribution in [2.24, 2.45) is 0 Å². The number of carbonyl (C=O) groups is 2. The van der Waals surface area contributed by atoms with E-state index in [9.17, 15) is 18.0 Å². The molecule has 1 aromatic carbocycles. The number of sulfone groups is 1. The molecule has 2 atom stereocenters. The van der Waals surface area contributed by atoms with Gasteiger partial charge in [0.1, 0.15) is 15.9 Å². The monoisotopic (exact) mass is 310 g/mol. The summed E-state index contributed by atoms with van der Waals surface area (Å²) in [6, 6.07) is 7.53. The van der Waals surface area contributed by atoms with E-state index >= 15 is 0 Å². The van der Waals surface area contributed by atoms with Crippen LogP contribution in [0.4, 0.5) is 0 Å². The fourth-order valence-corrected chi connectivity index (χ4v) is 3.62. The van der Waals surface area contributed by atoms with Gasteiger partial charge in [-0.15, -0.1) is 0 Å². The maximum Gasteiger partial charge on any atom is 0.247 e. The minimum absolute atomic E-state index is 0.101. The molecule has 21 heavy (non-hydrogen) atoms. The van der Waals surface area contributed by atoms with E-state index < -0.39 is 21.9 Å². The van der Waals surface area contributed by atoms with Gasteiger partial charge in [0.05, 0.1) is 12.3 Å². The first-order valence-electron chi connectivity index (χ1n) is 6.61. The third-order valence-electron chi connectivity index (χ3n) is 3.36. The number of nitrogens with one attached hydrogen (secondary N) is 1. The Morgan fingerprint density at radius 3 is 2.48 bits per heavy atom. The van der Waals surface area contributed by atoms with Crippen LogP contribution in [0.5, 0.6) is 0 Å². The Labute approximate surface area is 124 Å². The van der Waals surface area contributed by atoms with Gasteiger partial charge in [0.15, 0.2) is 0 Å². The molecule has 6 nitrogen and oxygen atoms in total. The van der Waals surface area contributed by atoms with E-state index in [-0.39, 0.29) is 24.1 Å². The van der Waals surface area contributed by atoms with E-state index in [4.69, 9.17) is 0 Å². The van der Waals surface area contributed by atoms with Crippen LogP contribution in [0.1, 0.15) is 18.5 Å². The van der Waals surface area contributed by atoms with Crippen molar-refractivity contribution < 1.29 is 18.0 Å². The lowest BCUT2D eigenvalue weighted by Crippen LogP contribution is -2.57. The molecule has 1 aliphatic heterocycles. The molecule has 114 valence electrons. The molecule has 0 spiro atoms. The molecule has 7 heteroatoms. The molecule has 1 fully saturated rings. The lowest BCUT2D eigenvalue weighted by atomic mass is 10.0. The minimum Gasteiger partial charge on any atom is -0.345 e. The van der Waals surface area contributed by atoms with Crippen LogP contribution in [0.25, 0.3) is 0 Å². The first-order chi connectivity index (χ1) is 9.79. The highest BCUT2D eigenvalue weighted by atomic mass is 32.2. The lowest BCUT2D eigenvalue weighted by molar-refractivity contribution is -0.147. The third kappa shape index (κ3) is 3.60. The number of amides is 2. The Balaban J connectivity index is 2.37. The standard InChI is InChI=1S/C14H18N2O4S/c1-10(9-21(2,19)20)16-12(17)8-15-14(18)13(16)11-6-4-3-5-7-11/h3-7,10,13H,8-9H2,1-2H3,(H,15,18). The van der Waals surface area contributed by atoms with Crippen LogP contribution in [-0.4, -0.2) is 49.7 Å². The molecule has 1 heterocycles. The summed E-state index contributed by atoms with van der Waals surface area (Å²) >= 11 is 0. The van der Waals surface area contributed by atoms with Gasteiger partial charge < -0.3 is 10.2 Å². The van der Waals surface area contributed by atoms with Gasteiger partial charge in [-0.1, -0.05) is 30.3 Å². The average Bonchev–Trinajstić information content (AvgIpc) is 2.40. The molecule has 1 aliphatic rings. The molecule has 1 saturated heterocycles. The molecule has 2 rings (SSSR count). The number of piperazine rings is 1. The fourth-order valence-electron chi connectivity index (χ4n) is 2.59. The number of hydrogen-bond donors (Lipinski definition) is 1. The molecular weight excluding hydrogens is 292 g/mol. The van der Waals surface area contributed by atoms with Crippen molar-refractivity contribution in [3.8, 4) is 0 Å². The van der Waals surface area contributed by atoms with Crippen molar-refractivity contribution in [1.82, 2.24) is 10.2 Å². The Morgan fingerprint density at radius 2 is 1.90 bits per heavy atom. The molecule has 0 aromatic heterocycles. The van der Waals surface area contributed by atoms with Gasteiger partial charge in [0.2, 0.25) is 11.8 Å². The van der Waals surface area contributed by atoms with Gasteiger partial charge in [-0.3, -0.25) is 9.59 Å². The average molecular weight is 310 g/mol. The minimum atomic E-state index is -3.24. The first-order valence-corrected chi connectivity index (χ1v) is 8.67. The zero-order valence-corrected chi connectivity index (χ0v) is 12.8. The zero-order valence-electron chi connectivity index (χ0n) is 11.9. The van der Waals surface area contributed by atoms with Gasteiger partial charge in [-0.25, -0.2) is 8.42 Å². The molecule has 0 saturated carbocycles. The Morgan fingerprint density at radius 1 is 1.29 bits per heavy atom. The van der Waals surface area contributed by atoms with E-state index in [0.717, 1.165) is 6.26 Å². The van der Waals surface area contributed by atoms with Crippen molar-refractivity contribution in [2.45, 2.75) is 19.0 Å². The summed E-state index contributed by atoms with van der Waals surface area (Å²) in [6.07, 6.45) is 1.12. The third-order valence-corrected chi connectivity index (χ3v) is 4.45. The highest BCUT2D eigenvalue weighted by Crippen LogP contribution is 2.26. The number of carbonyl (C=O) groups excluding carboxylic acids is 2. The predicted molar refractivity (Wildman–Crippen MR) is 78.2 cm³/mol. The zero-order chi connectivity index (χ0) is 15.6. The Hall–Kier alpha value is -1.89. The van der Waals surface area contributed by atoms with Crippen molar-refractivity contribution in [2.75, 3.05) is 18.6 Å². The molecular formula is C14H18N2O4S. The summed E-state index contributed by atoms with van der Waals surface area (Å²) < 4.78 is 23.0. The van der Waals surface area contributed by atoms with Crippen LogP contribution in [0.3, 0.4) is 0 Å². The second-order valence-electron chi connectivity index (χ2n) is 5.27. The normalized spacial score (nSPS) is 21.0. The van der Waals surface area contributed by atoms with Crippen molar-refractivity contribution >= 4 is 21.7 Å². The van der Waals surface area contributed by atoms with Crippen LogP contribution in [0.2, 0.25) is 0 Å². The van der Waals surface area contributed by atoms with E-state index in [1.807, 2.05) is 6.07 Å². The van der Waals surface area contributed by atoms with Crippen LogP contribution >= 0.6 is 0 Å². The molecule has 1 N–H and O–H groups in total. The lowest BCUT2D eigenvalue weighted by Gasteiger charge is -2.39. The van der Waals surface area contributed by atoms with Gasteiger partial charge in [-0.05, 0) is 12.5 Å². The highest BCUT2D eigenvalue weighted by Gasteiger charge is 2.39. The summed E-state index contributed by atoms with van der Waals surface area (Å²) in [4.78, 5) is 25.7. The Kier molecular flexibility index (Phi) is 4.32. The van der Waals surface area contributed by atoms with Gasteiger partial charge in [0.25, 0.3) is 0 Å². The number of nitrogens with zero attached hydrogens (tertiary/aromatic N) is 1. The summed E-state index contributed by atoms with van der Waals surface area (Å²) in [5.74, 6) is -0.740. The predicted octanol–water partition coefficient (Wildman–Crippen LogP) is 0.119. The highest BCUT2D eigenvalue weighted by molar-refractivity contribution is 7.90. The SMILES string of the molecule is CC(CS(C)(=O)=O)N1C(=O)CNC(=O)C1c1ccccc1. The van der Waals surface area contributed by atoms with E-state index in [1.54, 1.807) is 31.2 Å². The van der Waals surface area contributed by atoms with Gasteiger partial charge in [0, 0.05) is 12.3 Å². The topological polar surface area (TPSA) is 83.6 Å². The van der Waals surface area contributed by atoms with Gasteiger partial charge in [-0.2, -0.15) is 0 Å². The van der Waals surface area contributed by atoms with Crippen molar-refractivity contribution in [3.63, 3.8) is 0 Å². The van der Waals surface area contributed by atoms with Crippen LogP contribution in [-0.2, 0) is 19.4 Å².